The predicted molar refractivity (Wildman–Crippen MR) is 306 cm³/mol. The van der Waals surface area contributed by atoms with Crippen molar-refractivity contribution in [1.82, 2.24) is 0 Å². The second kappa shape index (κ2) is 19.7. The number of hydrogen-bond acceptors (Lipinski definition) is 0. The summed E-state index contributed by atoms with van der Waals surface area (Å²) in [5, 5.41) is 0. The molecule has 70 heavy (non-hydrogen) atoms. The summed E-state index contributed by atoms with van der Waals surface area (Å²) in [5.41, 5.74) is 32.1. The fraction of sp³-hybridized carbons (Fsp3) is 0.412. The van der Waals surface area contributed by atoms with Gasteiger partial charge in [-0.15, -0.1) is 0 Å². The summed E-state index contributed by atoms with van der Waals surface area (Å²) in [6.07, 6.45) is 24.7. The molecule has 0 N–H and O–H groups in total. The summed E-state index contributed by atoms with van der Waals surface area (Å²) in [5.74, 6) is 1.49. The number of allylic oxidation sites excluding steroid dienone is 2. The zero-order valence-corrected chi connectivity index (χ0v) is 48.7. The van der Waals surface area contributed by atoms with Gasteiger partial charge in [0.1, 0.15) is 0 Å². The normalized spacial score (nSPS) is 19.1. The molecule has 0 radical (unpaired) electrons. The van der Waals surface area contributed by atoms with Gasteiger partial charge in [0.05, 0.1) is 0 Å². The van der Waals surface area contributed by atoms with Crippen molar-refractivity contribution in [3.8, 4) is 44.5 Å². The molecule has 2 saturated carbocycles. The maximum atomic E-state index is 2.98. The van der Waals surface area contributed by atoms with Crippen LogP contribution >= 0.6 is 0 Å². The molecule has 2 fully saturated rings. The van der Waals surface area contributed by atoms with Crippen LogP contribution in [0, 0.1) is 67.2 Å². The maximum absolute atomic E-state index is 4.38. The first kappa shape index (κ1) is 49.5. The average Bonchev–Trinajstić information content (AvgIpc) is 3.61. The second-order valence-corrected chi connectivity index (χ2v) is 55.3. The SMILES string of the molecule is Cc1cc(C)cc(-c2ccc(-c3cc(C)cc(C)c3)c3c2C=C(CC2CCCCCC2)[CH]3[Zr]([CH3])([CH3])(=[SiH2])[CH]2C(CC3CCCCCC3)=Cc3c(-c4cc(C)cc(C)c4)ccc(-c4cc(C)cc(C)c4)c32)c1. The van der Waals surface area contributed by atoms with E-state index < -0.39 is 17.4 Å². The van der Waals surface area contributed by atoms with Crippen LogP contribution in [-0.4, -0.2) is 6.88 Å². The Bertz CT molecular complexity index is 2840. The van der Waals surface area contributed by atoms with Gasteiger partial charge in [-0.2, -0.15) is 0 Å². The number of fused-ring (bicyclic) bond motifs is 2. The van der Waals surface area contributed by atoms with Gasteiger partial charge in [0, 0.05) is 0 Å². The fourth-order valence-electron chi connectivity index (χ4n) is 15.1. The molecule has 0 spiro atoms. The third-order valence-electron chi connectivity index (χ3n) is 17.6. The van der Waals surface area contributed by atoms with Crippen molar-refractivity contribution in [3.63, 3.8) is 0 Å². The van der Waals surface area contributed by atoms with E-state index in [2.05, 4.69) is 181 Å². The van der Waals surface area contributed by atoms with E-state index in [1.165, 1.54) is 190 Å². The van der Waals surface area contributed by atoms with Gasteiger partial charge >= 0.3 is 430 Å². The molecule has 0 amide bonds. The second-order valence-electron chi connectivity index (χ2n) is 24.8. The van der Waals surface area contributed by atoms with Crippen LogP contribution in [0.15, 0.2) is 108 Å². The van der Waals surface area contributed by atoms with Crippen LogP contribution in [0.3, 0.4) is 0 Å². The van der Waals surface area contributed by atoms with Crippen molar-refractivity contribution in [2.45, 2.75) is 162 Å². The van der Waals surface area contributed by atoms with Crippen molar-refractivity contribution in [2.24, 2.45) is 11.8 Å². The van der Waals surface area contributed by atoms with E-state index in [1.807, 2.05) is 0 Å². The Kier molecular flexibility index (Phi) is 13.9. The first-order chi connectivity index (χ1) is 33.5. The molecule has 0 saturated heterocycles. The summed E-state index contributed by atoms with van der Waals surface area (Å²) in [6, 6.07) is 39.5. The van der Waals surface area contributed by atoms with Gasteiger partial charge in [0.2, 0.25) is 0 Å². The molecular weight excluding hydrogens is 936 g/mol. The van der Waals surface area contributed by atoms with Crippen molar-refractivity contribution >= 4 is 19.0 Å². The van der Waals surface area contributed by atoms with Crippen molar-refractivity contribution in [2.75, 3.05) is 0 Å². The van der Waals surface area contributed by atoms with Gasteiger partial charge in [-0.25, -0.2) is 0 Å². The molecule has 0 aliphatic heterocycles. The van der Waals surface area contributed by atoms with E-state index in [0.717, 1.165) is 11.8 Å². The van der Waals surface area contributed by atoms with E-state index >= 15 is 0 Å². The summed E-state index contributed by atoms with van der Waals surface area (Å²) in [7, 11) is 0. The van der Waals surface area contributed by atoms with E-state index in [9.17, 15) is 0 Å². The molecule has 2 unspecified atom stereocenters. The molecule has 362 valence electrons. The van der Waals surface area contributed by atoms with Crippen molar-refractivity contribution in [3.05, 3.63) is 175 Å². The minimum atomic E-state index is -4.38. The number of rotatable bonds is 10. The number of aryl methyl sites for hydroxylation is 8. The van der Waals surface area contributed by atoms with E-state index in [4.69, 9.17) is 0 Å². The standard InChI is InChI=1S/2C33H37.2CH3.H2Si.Zr/c2*1-22-13-23(2)16-28(15-22)30-11-12-31(29-17-24(3)14-25(4)18-29)33-21-27(20-32(30)33)19-26-9-7-5-6-8-10-26;;;;/h2*11-18,20-21,26H,5-10,19H2,1-4H3;2*1H3;1H2;. The van der Waals surface area contributed by atoms with Gasteiger partial charge in [-0.3, -0.25) is 0 Å². The van der Waals surface area contributed by atoms with Crippen LogP contribution < -0.4 is 0 Å². The summed E-state index contributed by atoms with van der Waals surface area (Å²) in [4.78, 5) is 0. The van der Waals surface area contributed by atoms with E-state index in [1.54, 1.807) is 22.3 Å². The molecule has 10 rings (SSSR count). The van der Waals surface area contributed by atoms with Crippen molar-refractivity contribution < 1.29 is 17.4 Å². The molecule has 6 aromatic carbocycles. The average molecular weight is 1020 g/mol. The van der Waals surface area contributed by atoms with Crippen LogP contribution in [0.25, 0.3) is 56.7 Å². The van der Waals surface area contributed by atoms with Crippen LogP contribution in [0.5, 0.6) is 0 Å². The van der Waals surface area contributed by atoms with Crippen molar-refractivity contribution in [1.29, 1.82) is 0 Å². The Morgan fingerprint density at radius 2 is 0.629 bits per heavy atom. The Balaban J connectivity index is 1.29. The van der Waals surface area contributed by atoms with Gasteiger partial charge < -0.3 is 0 Å². The van der Waals surface area contributed by atoms with Crippen LogP contribution in [0.4, 0.5) is 0 Å². The number of hydrogen-bond donors (Lipinski definition) is 0. The van der Waals surface area contributed by atoms with E-state index in [0.29, 0.717) is 7.25 Å². The molecule has 0 aromatic heterocycles. The Hall–Kier alpha value is -4.10. The number of benzene rings is 6. The molecule has 4 aliphatic rings. The third kappa shape index (κ3) is 9.89. The molecule has 6 aromatic rings. The van der Waals surface area contributed by atoms with Crippen LogP contribution in [0.1, 0.15) is 164 Å². The van der Waals surface area contributed by atoms with Gasteiger partial charge in [-0.05, 0) is 0 Å². The summed E-state index contributed by atoms with van der Waals surface area (Å²) in [6.45, 7) is 21.0. The van der Waals surface area contributed by atoms with E-state index in [-0.39, 0.29) is 0 Å². The molecule has 0 heterocycles. The molecule has 0 nitrogen and oxygen atoms in total. The van der Waals surface area contributed by atoms with Gasteiger partial charge in [0.25, 0.3) is 0 Å². The molecule has 2 heteroatoms. The summed E-state index contributed by atoms with van der Waals surface area (Å²) < 4.78 is 6.77. The monoisotopic (exact) mass is 1020 g/mol. The topological polar surface area (TPSA) is 0 Å². The quantitative estimate of drug-likeness (QED) is 0.0948. The Morgan fingerprint density at radius 1 is 0.371 bits per heavy atom. The molecule has 4 aliphatic carbocycles. The zero-order chi connectivity index (χ0) is 49.1. The Labute approximate surface area is 426 Å². The molecular formula is C68H82SiZr. The Morgan fingerprint density at radius 3 is 0.914 bits per heavy atom. The first-order valence-electron chi connectivity index (χ1n) is 27.6. The molecule has 0 bridgehead atoms. The zero-order valence-electron chi connectivity index (χ0n) is 44.8. The van der Waals surface area contributed by atoms with Crippen LogP contribution in [-0.2, 0) is 17.4 Å². The summed E-state index contributed by atoms with van der Waals surface area (Å²) >= 11 is -4.38. The van der Waals surface area contributed by atoms with Gasteiger partial charge in [0.15, 0.2) is 0 Å². The van der Waals surface area contributed by atoms with Gasteiger partial charge in [-0.1, -0.05) is 0 Å². The third-order valence-corrected chi connectivity index (χ3v) is 35.0. The first-order valence-corrected chi connectivity index (χ1v) is 41.3. The van der Waals surface area contributed by atoms with Crippen LogP contribution in [0.2, 0.25) is 9.26 Å². The fourth-order valence-corrected chi connectivity index (χ4v) is 34.6. The minimum absolute atomic E-state index is 0.408. The predicted octanol–water partition coefficient (Wildman–Crippen LogP) is 19.5. The molecule has 2 atom stereocenters.